The standard InChI is InChI=1S/C15H17NOS2/c1-3-9(2)16-15(17)13-8-10-4-5-12-11(6-7-18-12)14(10)19-13/h6-9H,3-5H2,1-2H3,(H,16,17). The first-order chi connectivity index (χ1) is 9.19. The third-order valence-electron chi connectivity index (χ3n) is 3.63. The van der Waals surface area contributed by atoms with Crippen molar-refractivity contribution in [3.63, 3.8) is 0 Å². The molecule has 2 aromatic rings. The first kappa shape index (κ1) is 12.9. The number of thiophene rings is 2. The van der Waals surface area contributed by atoms with Crippen molar-refractivity contribution < 1.29 is 4.79 Å². The molecule has 1 amide bonds. The van der Waals surface area contributed by atoms with E-state index in [0.717, 1.165) is 24.1 Å². The molecule has 0 saturated carbocycles. The van der Waals surface area contributed by atoms with E-state index in [2.05, 4.69) is 29.8 Å². The third kappa shape index (κ3) is 2.35. The van der Waals surface area contributed by atoms with E-state index in [1.165, 1.54) is 20.9 Å². The Morgan fingerprint density at radius 3 is 3.11 bits per heavy atom. The Morgan fingerprint density at radius 2 is 2.32 bits per heavy atom. The van der Waals surface area contributed by atoms with Gasteiger partial charge in [0.05, 0.1) is 4.88 Å². The topological polar surface area (TPSA) is 29.1 Å². The third-order valence-corrected chi connectivity index (χ3v) is 5.82. The number of hydrogen-bond acceptors (Lipinski definition) is 3. The van der Waals surface area contributed by atoms with Gasteiger partial charge >= 0.3 is 0 Å². The lowest BCUT2D eigenvalue weighted by molar-refractivity contribution is 0.0943. The first-order valence-corrected chi connectivity index (χ1v) is 8.39. The molecular formula is C15H17NOS2. The normalized spacial score (nSPS) is 14.6. The first-order valence-electron chi connectivity index (χ1n) is 6.69. The van der Waals surface area contributed by atoms with Crippen LogP contribution in [0, 0.1) is 0 Å². The number of rotatable bonds is 3. The molecule has 1 aliphatic rings. The van der Waals surface area contributed by atoms with E-state index in [9.17, 15) is 4.79 Å². The molecule has 0 radical (unpaired) electrons. The van der Waals surface area contributed by atoms with E-state index < -0.39 is 0 Å². The van der Waals surface area contributed by atoms with Crippen molar-refractivity contribution in [3.05, 3.63) is 32.8 Å². The van der Waals surface area contributed by atoms with E-state index in [1.807, 2.05) is 18.3 Å². The fourth-order valence-corrected chi connectivity index (χ4v) is 4.45. The maximum Gasteiger partial charge on any atom is 0.261 e. The average Bonchev–Trinajstić information content (AvgIpc) is 3.03. The molecule has 0 bridgehead atoms. The van der Waals surface area contributed by atoms with Gasteiger partial charge in [0.15, 0.2) is 0 Å². The quantitative estimate of drug-likeness (QED) is 0.906. The summed E-state index contributed by atoms with van der Waals surface area (Å²) in [5.74, 6) is 0.0746. The van der Waals surface area contributed by atoms with E-state index in [1.54, 1.807) is 11.3 Å². The zero-order valence-electron chi connectivity index (χ0n) is 11.2. The van der Waals surface area contributed by atoms with Crippen molar-refractivity contribution in [3.8, 4) is 10.4 Å². The van der Waals surface area contributed by atoms with Gasteiger partial charge in [-0.3, -0.25) is 4.79 Å². The zero-order chi connectivity index (χ0) is 13.4. The molecule has 0 saturated heterocycles. The molecule has 1 atom stereocenters. The summed E-state index contributed by atoms with van der Waals surface area (Å²) >= 11 is 3.46. The smallest absolute Gasteiger partial charge is 0.261 e. The number of carbonyl (C=O) groups is 1. The summed E-state index contributed by atoms with van der Waals surface area (Å²) in [7, 11) is 0. The summed E-state index contributed by atoms with van der Waals surface area (Å²) < 4.78 is 0. The van der Waals surface area contributed by atoms with Crippen LogP contribution in [0.1, 0.15) is 40.4 Å². The summed E-state index contributed by atoms with van der Waals surface area (Å²) in [5.41, 5.74) is 2.68. The van der Waals surface area contributed by atoms with Crippen molar-refractivity contribution in [1.29, 1.82) is 0 Å². The van der Waals surface area contributed by atoms with Crippen LogP contribution in [-0.4, -0.2) is 11.9 Å². The zero-order valence-corrected chi connectivity index (χ0v) is 12.8. The SMILES string of the molecule is CCC(C)NC(=O)c1cc2c(s1)-c1ccsc1CC2. The van der Waals surface area contributed by atoms with Crippen LogP contribution in [0.5, 0.6) is 0 Å². The Balaban J connectivity index is 1.90. The summed E-state index contributed by atoms with van der Waals surface area (Å²) in [5, 5.41) is 5.20. The molecule has 2 aromatic heterocycles. The van der Waals surface area contributed by atoms with Gasteiger partial charge in [-0.25, -0.2) is 0 Å². The number of hydrogen-bond donors (Lipinski definition) is 1. The highest BCUT2D eigenvalue weighted by atomic mass is 32.1. The lowest BCUT2D eigenvalue weighted by Crippen LogP contribution is -2.31. The van der Waals surface area contributed by atoms with Crippen molar-refractivity contribution in [2.75, 3.05) is 0 Å². The highest BCUT2D eigenvalue weighted by molar-refractivity contribution is 7.18. The van der Waals surface area contributed by atoms with Crippen LogP contribution in [0.15, 0.2) is 17.5 Å². The van der Waals surface area contributed by atoms with Crippen molar-refractivity contribution >= 4 is 28.6 Å². The van der Waals surface area contributed by atoms with Crippen LogP contribution in [0.2, 0.25) is 0 Å². The van der Waals surface area contributed by atoms with Crippen LogP contribution >= 0.6 is 22.7 Å². The van der Waals surface area contributed by atoms with Crippen molar-refractivity contribution in [2.24, 2.45) is 0 Å². The number of fused-ring (bicyclic) bond motifs is 3. The summed E-state index contributed by atoms with van der Waals surface area (Å²) in [6, 6.07) is 4.51. The van der Waals surface area contributed by atoms with Gasteiger partial charge in [0.2, 0.25) is 0 Å². The monoisotopic (exact) mass is 291 g/mol. The minimum atomic E-state index is 0.0746. The molecule has 0 aromatic carbocycles. The largest absolute Gasteiger partial charge is 0.349 e. The van der Waals surface area contributed by atoms with Crippen molar-refractivity contribution in [2.45, 2.75) is 39.2 Å². The van der Waals surface area contributed by atoms with Crippen LogP contribution in [0.3, 0.4) is 0 Å². The molecule has 0 aliphatic heterocycles. The van der Waals surface area contributed by atoms with Gasteiger partial charge in [-0.15, -0.1) is 22.7 Å². The maximum absolute atomic E-state index is 12.2. The van der Waals surface area contributed by atoms with Crippen LogP contribution in [-0.2, 0) is 12.8 Å². The Kier molecular flexibility index (Phi) is 3.46. The van der Waals surface area contributed by atoms with Gasteiger partial charge in [-0.05, 0) is 49.3 Å². The lowest BCUT2D eigenvalue weighted by Gasteiger charge is -2.10. The maximum atomic E-state index is 12.2. The van der Waals surface area contributed by atoms with E-state index in [-0.39, 0.29) is 11.9 Å². The highest BCUT2D eigenvalue weighted by Gasteiger charge is 2.22. The minimum absolute atomic E-state index is 0.0746. The number of aryl methyl sites for hydroxylation is 2. The van der Waals surface area contributed by atoms with E-state index in [0.29, 0.717) is 0 Å². The predicted octanol–water partition coefficient (Wildman–Crippen LogP) is 4.10. The Labute approximate surface area is 121 Å². The van der Waals surface area contributed by atoms with Gasteiger partial charge < -0.3 is 5.32 Å². The summed E-state index contributed by atoms with van der Waals surface area (Å²) in [4.78, 5) is 15.8. The summed E-state index contributed by atoms with van der Waals surface area (Å²) in [6.07, 6.45) is 3.14. The fourth-order valence-electron chi connectivity index (χ4n) is 2.34. The number of carbonyl (C=O) groups excluding carboxylic acids is 1. The van der Waals surface area contributed by atoms with Crippen molar-refractivity contribution in [1.82, 2.24) is 5.32 Å². The van der Waals surface area contributed by atoms with E-state index in [4.69, 9.17) is 0 Å². The molecule has 2 heterocycles. The predicted molar refractivity (Wildman–Crippen MR) is 82.3 cm³/mol. The number of amides is 1. The number of nitrogens with one attached hydrogen (secondary N) is 1. The molecule has 4 heteroatoms. The molecule has 0 spiro atoms. The van der Waals surface area contributed by atoms with Gasteiger partial charge in [0, 0.05) is 21.4 Å². The molecular weight excluding hydrogens is 274 g/mol. The van der Waals surface area contributed by atoms with Crippen LogP contribution in [0.4, 0.5) is 0 Å². The fraction of sp³-hybridized carbons (Fsp3) is 0.400. The molecule has 1 unspecified atom stereocenters. The average molecular weight is 291 g/mol. The van der Waals surface area contributed by atoms with Crippen LogP contribution < -0.4 is 5.32 Å². The molecule has 100 valence electrons. The van der Waals surface area contributed by atoms with Gasteiger partial charge in [-0.1, -0.05) is 6.92 Å². The molecule has 3 rings (SSSR count). The molecule has 19 heavy (non-hydrogen) atoms. The van der Waals surface area contributed by atoms with Gasteiger partial charge in [-0.2, -0.15) is 0 Å². The molecule has 0 fully saturated rings. The molecule has 1 aliphatic carbocycles. The molecule has 1 N–H and O–H groups in total. The second kappa shape index (κ2) is 5.10. The highest BCUT2D eigenvalue weighted by Crippen LogP contribution is 2.41. The second-order valence-electron chi connectivity index (χ2n) is 5.01. The van der Waals surface area contributed by atoms with Gasteiger partial charge in [0.25, 0.3) is 5.91 Å². The summed E-state index contributed by atoms with van der Waals surface area (Å²) in [6.45, 7) is 4.13. The minimum Gasteiger partial charge on any atom is -0.349 e. The van der Waals surface area contributed by atoms with Gasteiger partial charge in [0.1, 0.15) is 0 Å². The van der Waals surface area contributed by atoms with E-state index >= 15 is 0 Å². The Hall–Kier alpha value is -1.13. The Morgan fingerprint density at radius 1 is 1.47 bits per heavy atom. The lowest BCUT2D eigenvalue weighted by atomic mass is 9.98. The molecule has 2 nitrogen and oxygen atoms in total. The van der Waals surface area contributed by atoms with Crippen LogP contribution in [0.25, 0.3) is 10.4 Å². The second-order valence-corrected chi connectivity index (χ2v) is 7.06. The Bertz CT molecular complexity index is 611.